The zero-order chi connectivity index (χ0) is 21.5. The SMILES string of the molecule is CC(C)(CCS(=O)Cc1ccc(CS(=O)CCC(C)(C)C(=O)O)cc1)C(=O)O. The summed E-state index contributed by atoms with van der Waals surface area (Å²) in [5.41, 5.74) is -0.0154. The van der Waals surface area contributed by atoms with Crippen LogP contribution in [0.4, 0.5) is 0 Å². The molecule has 1 aromatic rings. The van der Waals surface area contributed by atoms with Gasteiger partial charge in [-0.25, -0.2) is 0 Å². The van der Waals surface area contributed by atoms with Gasteiger partial charge in [0.2, 0.25) is 0 Å². The molecule has 28 heavy (non-hydrogen) atoms. The van der Waals surface area contributed by atoms with Crippen molar-refractivity contribution in [1.29, 1.82) is 0 Å². The van der Waals surface area contributed by atoms with Crippen LogP contribution in [0.25, 0.3) is 0 Å². The average Bonchev–Trinajstić information content (AvgIpc) is 2.60. The normalized spacial score (nSPS) is 14.4. The lowest BCUT2D eigenvalue weighted by Crippen LogP contribution is -2.25. The fourth-order valence-corrected chi connectivity index (χ4v) is 5.09. The van der Waals surface area contributed by atoms with E-state index in [9.17, 15) is 18.0 Å². The Bertz CT molecular complexity index is 675. The van der Waals surface area contributed by atoms with Crippen molar-refractivity contribution in [3.05, 3.63) is 35.4 Å². The number of carboxylic acids is 2. The maximum Gasteiger partial charge on any atom is 0.309 e. The molecule has 0 saturated carbocycles. The number of carboxylic acid groups (broad SMARTS) is 2. The largest absolute Gasteiger partial charge is 0.481 e. The van der Waals surface area contributed by atoms with Crippen molar-refractivity contribution < 1.29 is 28.2 Å². The van der Waals surface area contributed by atoms with E-state index in [1.54, 1.807) is 27.7 Å². The van der Waals surface area contributed by atoms with Gasteiger partial charge in [-0.05, 0) is 51.7 Å². The first-order chi connectivity index (χ1) is 12.8. The van der Waals surface area contributed by atoms with Gasteiger partial charge in [0, 0.05) is 44.6 Å². The van der Waals surface area contributed by atoms with Gasteiger partial charge in [0.25, 0.3) is 0 Å². The van der Waals surface area contributed by atoms with E-state index in [0.29, 0.717) is 35.9 Å². The van der Waals surface area contributed by atoms with Crippen LogP contribution in [0.5, 0.6) is 0 Å². The van der Waals surface area contributed by atoms with Gasteiger partial charge in [-0.15, -0.1) is 0 Å². The lowest BCUT2D eigenvalue weighted by Gasteiger charge is -2.18. The fourth-order valence-electron chi connectivity index (χ4n) is 2.20. The highest BCUT2D eigenvalue weighted by Crippen LogP contribution is 2.22. The lowest BCUT2D eigenvalue weighted by atomic mass is 9.91. The molecule has 1 rings (SSSR count). The summed E-state index contributed by atoms with van der Waals surface area (Å²) in [7, 11) is -2.30. The van der Waals surface area contributed by atoms with E-state index in [1.807, 2.05) is 24.3 Å². The fraction of sp³-hybridized carbons (Fsp3) is 0.600. The van der Waals surface area contributed by atoms with E-state index >= 15 is 0 Å². The van der Waals surface area contributed by atoms with Gasteiger partial charge >= 0.3 is 11.9 Å². The Morgan fingerprint density at radius 3 is 1.29 bits per heavy atom. The van der Waals surface area contributed by atoms with E-state index in [-0.39, 0.29) is 0 Å². The Morgan fingerprint density at radius 1 is 0.750 bits per heavy atom. The van der Waals surface area contributed by atoms with E-state index < -0.39 is 44.4 Å². The van der Waals surface area contributed by atoms with Crippen LogP contribution in [0.2, 0.25) is 0 Å². The Kier molecular flexibility index (Phi) is 9.01. The number of rotatable bonds is 12. The molecule has 0 bridgehead atoms. The van der Waals surface area contributed by atoms with Crippen LogP contribution in [0.15, 0.2) is 24.3 Å². The average molecular weight is 431 g/mol. The third-order valence-electron chi connectivity index (χ3n) is 4.75. The molecule has 0 aromatic heterocycles. The molecular weight excluding hydrogens is 400 g/mol. The molecule has 2 N–H and O–H groups in total. The van der Waals surface area contributed by atoms with Crippen molar-refractivity contribution in [2.45, 2.75) is 52.0 Å². The van der Waals surface area contributed by atoms with Crippen molar-refractivity contribution in [2.24, 2.45) is 10.8 Å². The molecule has 0 amide bonds. The summed E-state index contributed by atoms with van der Waals surface area (Å²) in [5, 5.41) is 18.2. The van der Waals surface area contributed by atoms with E-state index in [4.69, 9.17) is 10.2 Å². The van der Waals surface area contributed by atoms with Crippen molar-refractivity contribution in [2.75, 3.05) is 11.5 Å². The third-order valence-corrected chi connectivity index (χ3v) is 7.38. The van der Waals surface area contributed by atoms with Crippen LogP contribution in [0, 0.1) is 10.8 Å². The van der Waals surface area contributed by atoms with Gasteiger partial charge in [0.05, 0.1) is 10.8 Å². The van der Waals surface area contributed by atoms with Gasteiger partial charge in [-0.1, -0.05) is 24.3 Å². The van der Waals surface area contributed by atoms with Crippen molar-refractivity contribution in [3.8, 4) is 0 Å². The van der Waals surface area contributed by atoms with Crippen LogP contribution in [0.3, 0.4) is 0 Å². The van der Waals surface area contributed by atoms with Gasteiger partial charge in [0.15, 0.2) is 0 Å². The van der Waals surface area contributed by atoms with Crippen molar-refractivity contribution >= 4 is 33.5 Å². The number of aliphatic carboxylic acids is 2. The first-order valence-electron chi connectivity index (χ1n) is 9.08. The lowest BCUT2D eigenvalue weighted by molar-refractivity contribution is -0.147. The molecule has 0 spiro atoms. The van der Waals surface area contributed by atoms with Crippen LogP contribution >= 0.6 is 0 Å². The summed E-state index contributed by atoms with van der Waals surface area (Å²) in [4.78, 5) is 22.2. The Labute approximate surface area is 171 Å². The Balaban J connectivity index is 2.51. The van der Waals surface area contributed by atoms with Crippen LogP contribution in [-0.2, 0) is 42.7 Å². The Hall–Kier alpha value is -1.54. The second-order valence-corrected chi connectivity index (χ2v) is 11.4. The van der Waals surface area contributed by atoms with E-state index in [2.05, 4.69) is 0 Å². The monoisotopic (exact) mass is 430 g/mol. The van der Waals surface area contributed by atoms with Gasteiger partial charge in [-0.2, -0.15) is 0 Å². The second kappa shape index (κ2) is 10.3. The minimum Gasteiger partial charge on any atom is -0.481 e. The second-order valence-electron chi connectivity index (χ2n) is 8.27. The minimum absolute atomic E-state index is 0.324. The number of benzene rings is 1. The molecule has 6 nitrogen and oxygen atoms in total. The predicted molar refractivity (Wildman–Crippen MR) is 112 cm³/mol. The van der Waals surface area contributed by atoms with E-state index in [0.717, 1.165) is 11.1 Å². The maximum atomic E-state index is 12.2. The van der Waals surface area contributed by atoms with Crippen LogP contribution in [-0.4, -0.2) is 42.1 Å². The predicted octanol–water partition coefficient (Wildman–Crippen LogP) is 3.19. The molecule has 0 aliphatic heterocycles. The van der Waals surface area contributed by atoms with E-state index in [1.165, 1.54) is 0 Å². The molecule has 1 aromatic carbocycles. The molecule has 2 unspecified atom stereocenters. The zero-order valence-electron chi connectivity index (χ0n) is 16.9. The maximum absolute atomic E-state index is 12.2. The van der Waals surface area contributed by atoms with Crippen molar-refractivity contribution in [3.63, 3.8) is 0 Å². The molecule has 8 heteroatoms. The standard InChI is InChI=1S/C20H30O6S2/c1-19(2,17(21)22)9-11-27(25)13-15-5-7-16(8-6-15)14-28(26)12-10-20(3,4)18(23)24/h5-8H,9-14H2,1-4H3,(H,21,22)(H,23,24). The summed E-state index contributed by atoms with van der Waals surface area (Å²) < 4.78 is 24.4. The van der Waals surface area contributed by atoms with Gasteiger partial charge in [0.1, 0.15) is 0 Å². The summed E-state index contributed by atoms with van der Waals surface area (Å²) in [6.07, 6.45) is 0.692. The topological polar surface area (TPSA) is 109 Å². The molecule has 0 aliphatic rings. The smallest absolute Gasteiger partial charge is 0.309 e. The third kappa shape index (κ3) is 8.22. The highest BCUT2D eigenvalue weighted by atomic mass is 32.2. The quantitative estimate of drug-likeness (QED) is 0.527. The molecule has 0 saturated heterocycles. The number of hydrogen-bond donors (Lipinski definition) is 2. The molecule has 0 aliphatic carbocycles. The summed E-state index contributed by atoms with van der Waals surface area (Å²) in [6.45, 7) is 6.50. The van der Waals surface area contributed by atoms with Crippen molar-refractivity contribution in [1.82, 2.24) is 0 Å². The number of carbonyl (C=O) groups is 2. The molecule has 0 heterocycles. The van der Waals surface area contributed by atoms with Gasteiger partial charge < -0.3 is 10.2 Å². The molecule has 158 valence electrons. The molecule has 0 radical (unpaired) electrons. The summed E-state index contributed by atoms with van der Waals surface area (Å²) >= 11 is 0. The minimum atomic E-state index is -1.15. The highest BCUT2D eigenvalue weighted by molar-refractivity contribution is 7.84. The Morgan fingerprint density at radius 2 is 1.04 bits per heavy atom. The number of hydrogen-bond acceptors (Lipinski definition) is 4. The molecule has 0 fully saturated rings. The summed E-state index contributed by atoms with van der Waals surface area (Å²) in [6, 6.07) is 7.36. The van der Waals surface area contributed by atoms with Gasteiger partial charge in [-0.3, -0.25) is 18.0 Å². The first-order valence-corrected chi connectivity index (χ1v) is 12.1. The first kappa shape index (κ1) is 24.5. The highest BCUT2D eigenvalue weighted by Gasteiger charge is 2.28. The molecular formula is C20H30O6S2. The van der Waals surface area contributed by atoms with Crippen LogP contribution in [0.1, 0.15) is 51.7 Å². The molecule has 2 atom stereocenters. The summed E-state index contributed by atoms with van der Waals surface area (Å²) in [5.74, 6) is -0.436. The van der Waals surface area contributed by atoms with Crippen LogP contribution < -0.4 is 0 Å². The zero-order valence-corrected chi connectivity index (χ0v) is 18.5.